The van der Waals surface area contributed by atoms with Crippen molar-refractivity contribution < 1.29 is 0 Å². The predicted octanol–water partition coefficient (Wildman–Crippen LogP) is 7.32. The lowest BCUT2D eigenvalue weighted by Crippen LogP contribution is -2.02. The molecule has 0 aliphatic carbocycles. The molecule has 0 aromatic heterocycles. The minimum Gasteiger partial charge on any atom is -0.0654 e. The van der Waals surface area contributed by atoms with Crippen LogP contribution in [-0.4, -0.2) is 0 Å². The van der Waals surface area contributed by atoms with Crippen LogP contribution in [-0.2, 0) is 0 Å². The van der Waals surface area contributed by atoms with Crippen molar-refractivity contribution in [3.8, 4) is 0 Å². The van der Waals surface area contributed by atoms with Gasteiger partial charge in [0.15, 0.2) is 0 Å². The van der Waals surface area contributed by atoms with E-state index >= 15 is 0 Å². The molecule has 2 atom stereocenters. The Morgan fingerprint density at radius 3 is 1.30 bits per heavy atom. The SMILES string of the molecule is CCCC(CCCC(CCC)c1ccccc1)c1ccccc1. The van der Waals surface area contributed by atoms with Crippen LogP contribution in [0, 0.1) is 0 Å². The molecular formula is C23H32. The largest absolute Gasteiger partial charge is 0.0654 e. The molecule has 0 radical (unpaired) electrons. The van der Waals surface area contributed by atoms with E-state index in [0.29, 0.717) is 0 Å². The van der Waals surface area contributed by atoms with Gasteiger partial charge in [-0.2, -0.15) is 0 Å². The van der Waals surface area contributed by atoms with Crippen LogP contribution in [0.15, 0.2) is 60.7 Å². The van der Waals surface area contributed by atoms with Gasteiger partial charge >= 0.3 is 0 Å². The standard InChI is InChI=1S/C23H32/c1-3-12-20(22-14-7-5-8-15-22)18-11-19-21(13-4-2)23-16-9-6-10-17-23/h5-10,14-17,20-21H,3-4,11-13,18-19H2,1-2H3. The maximum Gasteiger partial charge on any atom is -0.0162 e. The van der Waals surface area contributed by atoms with E-state index in [4.69, 9.17) is 0 Å². The van der Waals surface area contributed by atoms with Crippen molar-refractivity contribution in [3.05, 3.63) is 71.8 Å². The molecule has 0 heteroatoms. The van der Waals surface area contributed by atoms with Gasteiger partial charge in [-0.3, -0.25) is 0 Å². The van der Waals surface area contributed by atoms with Crippen LogP contribution in [0.3, 0.4) is 0 Å². The molecule has 0 bridgehead atoms. The highest BCUT2D eigenvalue weighted by Crippen LogP contribution is 2.31. The lowest BCUT2D eigenvalue weighted by molar-refractivity contribution is 0.483. The van der Waals surface area contributed by atoms with Gasteiger partial charge in [-0.1, -0.05) is 93.8 Å². The topological polar surface area (TPSA) is 0 Å². The van der Waals surface area contributed by atoms with E-state index < -0.39 is 0 Å². The summed E-state index contributed by atoms with van der Waals surface area (Å²) < 4.78 is 0. The molecule has 2 unspecified atom stereocenters. The number of hydrogen-bond donors (Lipinski definition) is 0. The average Bonchev–Trinajstić information content (AvgIpc) is 2.61. The molecule has 0 spiro atoms. The molecular weight excluding hydrogens is 276 g/mol. The van der Waals surface area contributed by atoms with Crippen molar-refractivity contribution in [2.24, 2.45) is 0 Å². The highest BCUT2D eigenvalue weighted by Gasteiger charge is 2.14. The average molecular weight is 309 g/mol. The minimum atomic E-state index is 0.735. The first-order valence-electron chi connectivity index (χ1n) is 9.45. The molecule has 0 saturated heterocycles. The van der Waals surface area contributed by atoms with Crippen molar-refractivity contribution in [1.29, 1.82) is 0 Å². The first kappa shape index (κ1) is 17.8. The zero-order chi connectivity index (χ0) is 16.3. The van der Waals surface area contributed by atoms with Gasteiger partial charge in [0.2, 0.25) is 0 Å². The molecule has 2 aromatic rings. The van der Waals surface area contributed by atoms with Crippen LogP contribution < -0.4 is 0 Å². The van der Waals surface area contributed by atoms with E-state index in [1.165, 1.54) is 56.1 Å². The van der Waals surface area contributed by atoms with E-state index in [0.717, 1.165) is 11.8 Å². The molecule has 0 heterocycles. The molecule has 0 amide bonds. The summed E-state index contributed by atoms with van der Waals surface area (Å²) in [5, 5.41) is 0. The fourth-order valence-electron chi connectivity index (χ4n) is 3.71. The van der Waals surface area contributed by atoms with Crippen molar-refractivity contribution >= 4 is 0 Å². The first-order chi connectivity index (χ1) is 11.3. The predicted molar refractivity (Wildman–Crippen MR) is 102 cm³/mol. The summed E-state index contributed by atoms with van der Waals surface area (Å²) in [4.78, 5) is 0. The summed E-state index contributed by atoms with van der Waals surface area (Å²) in [6.45, 7) is 4.61. The fourth-order valence-corrected chi connectivity index (χ4v) is 3.71. The molecule has 0 N–H and O–H groups in total. The summed E-state index contributed by atoms with van der Waals surface area (Å²) >= 11 is 0. The van der Waals surface area contributed by atoms with E-state index in [1.807, 2.05) is 0 Å². The zero-order valence-corrected chi connectivity index (χ0v) is 14.9. The summed E-state index contributed by atoms with van der Waals surface area (Å²) in [5.74, 6) is 1.47. The highest BCUT2D eigenvalue weighted by molar-refractivity contribution is 5.20. The van der Waals surface area contributed by atoms with Crippen molar-refractivity contribution in [2.75, 3.05) is 0 Å². The third-order valence-corrected chi connectivity index (χ3v) is 4.92. The maximum atomic E-state index is 2.31. The Balaban J connectivity index is 1.92. The Kier molecular flexibility index (Phi) is 7.93. The number of hydrogen-bond acceptors (Lipinski definition) is 0. The first-order valence-corrected chi connectivity index (χ1v) is 9.45. The quantitative estimate of drug-likeness (QED) is 0.431. The van der Waals surface area contributed by atoms with Gasteiger partial charge in [0.05, 0.1) is 0 Å². The molecule has 0 fully saturated rings. The molecule has 0 saturated carbocycles. The summed E-state index contributed by atoms with van der Waals surface area (Å²) in [7, 11) is 0. The normalized spacial score (nSPS) is 13.7. The molecule has 2 aromatic carbocycles. The van der Waals surface area contributed by atoms with Crippen LogP contribution in [0.1, 0.15) is 81.8 Å². The Bertz CT molecular complexity index is 465. The van der Waals surface area contributed by atoms with E-state index in [2.05, 4.69) is 74.5 Å². The molecule has 0 nitrogen and oxygen atoms in total. The molecule has 124 valence electrons. The fraction of sp³-hybridized carbons (Fsp3) is 0.478. The van der Waals surface area contributed by atoms with E-state index in [9.17, 15) is 0 Å². The van der Waals surface area contributed by atoms with Gasteiger partial charge in [0.1, 0.15) is 0 Å². The van der Waals surface area contributed by atoms with Gasteiger partial charge in [0.25, 0.3) is 0 Å². The Morgan fingerprint density at radius 2 is 0.957 bits per heavy atom. The van der Waals surface area contributed by atoms with E-state index in [-0.39, 0.29) is 0 Å². The third-order valence-electron chi connectivity index (χ3n) is 4.92. The van der Waals surface area contributed by atoms with Gasteiger partial charge in [-0.05, 0) is 48.6 Å². The van der Waals surface area contributed by atoms with Crippen molar-refractivity contribution in [3.63, 3.8) is 0 Å². The second-order valence-corrected chi connectivity index (χ2v) is 6.72. The Morgan fingerprint density at radius 1 is 0.565 bits per heavy atom. The zero-order valence-electron chi connectivity index (χ0n) is 14.9. The molecule has 0 aliphatic rings. The smallest absolute Gasteiger partial charge is 0.0162 e. The molecule has 2 rings (SSSR count). The van der Waals surface area contributed by atoms with Gasteiger partial charge in [-0.15, -0.1) is 0 Å². The molecule has 23 heavy (non-hydrogen) atoms. The van der Waals surface area contributed by atoms with Crippen molar-refractivity contribution in [1.82, 2.24) is 0 Å². The highest BCUT2D eigenvalue weighted by atomic mass is 14.2. The summed E-state index contributed by atoms with van der Waals surface area (Å²) in [5.41, 5.74) is 3.06. The number of rotatable bonds is 10. The summed E-state index contributed by atoms with van der Waals surface area (Å²) in [6, 6.07) is 22.2. The summed E-state index contributed by atoms with van der Waals surface area (Å²) in [6.07, 6.45) is 9.16. The van der Waals surface area contributed by atoms with Crippen LogP contribution in [0.4, 0.5) is 0 Å². The monoisotopic (exact) mass is 308 g/mol. The van der Waals surface area contributed by atoms with Crippen molar-refractivity contribution in [2.45, 2.75) is 70.6 Å². The number of benzene rings is 2. The van der Waals surface area contributed by atoms with Crippen LogP contribution in [0.5, 0.6) is 0 Å². The van der Waals surface area contributed by atoms with E-state index in [1.54, 1.807) is 0 Å². The van der Waals surface area contributed by atoms with Crippen LogP contribution in [0.2, 0.25) is 0 Å². The van der Waals surface area contributed by atoms with Gasteiger partial charge < -0.3 is 0 Å². The Labute approximate surface area is 143 Å². The lowest BCUT2D eigenvalue weighted by atomic mass is 9.85. The van der Waals surface area contributed by atoms with Gasteiger partial charge in [0, 0.05) is 0 Å². The Hall–Kier alpha value is -1.56. The minimum absolute atomic E-state index is 0.735. The third kappa shape index (κ3) is 5.86. The van der Waals surface area contributed by atoms with Gasteiger partial charge in [-0.25, -0.2) is 0 Å². The van der Waals surface area contributed by atoms with Crippen LogP contribution in [0.25, 0.3) is 0 Å². The molecule has 0 aliphatic heterocycles. The maximum absolute atomic E-state index is 2.31. The lowest BCUT2D eigenvalue weighted by Gasteiger charge is -2.20. The second-order valence-electron chi connectivity index (χ2n) is 6.72. The van der Waals surface area contributed by atoms with Crippen LogP contribution >= 0.6 is 0 Å². The second kappa shape index (κ2) is 10.3.